The van der Waals surface area contributed by atoms with E-state index >= 15 is 0 Å². The van der Waals surface area contributed by atoms with Crippen LogP contribution in [0.4, 0.5) is 0 Å². The van der Waals surface area contributed by atoms with Gasteiger partial charge in [-0.3, -0.25) is 14.5 Å². The Morgan fingerprint density at radius 1 is 0.967 bits per heavy atom. The van der Waals surface area contributed by atoms with Gasteiger partial charge in [0.25, 0.3) is 0 Å². The summed E-state index contributed by atoms with van der Waals surface area (Å²) < 4.78 is 0. The van der Waals surface area contributed by atoms with Crippen LogP contribution in [-0.4, -0.2) is 47.8 Å². The number of hydrogen-bond acceptors (Lipinski definition) is 3. The summed E-state index contributed by atoms with van der Waals surface area (Å²) in [5.74, 6) is 0.0631. The number of carbonyl (C=O) groups is 2. The van der Waals surface area contributed by atoms with Crippen molar-refractivity contribution >= 4 is 23.4 Å². The monoisotopic (exact) mass is 425 g/mol. The van der Waals surface area contributed by atoms with E-state index in [2.05, 4.69) is 11.4 Å². The summed E-state index contributed by atoms with van der Waals surface area (Å²) in [5.41, 5.74) is 3.26. The van der Waals surface area contributed by atoms with Gasteiger partial charge in [0, 0.05) is 31.2 Å². The summed E-state index contributed by atoms with van der Waals surface area (Å²) in [4.78, 5) is 30.2. The fourth-order valence-corrected chi connectivity index (χ4v) is 4.53. The quantitative estimate of drug-likeness (QED) is 0.796. The van der Waals surface area contributed by atoms with Crippen molar-refractivity contribution in [3.05, 3.63) is 70.2 Å². The van der Waals surface area contributed by atoms with E-state index in [-0.39, 0.29) is 24.4 Å². The number of rotatable bonds is 5. The summed E-state index contributed by atoms with van der Waals surface area (Å²) in [6.07, 6.45) is 4.15. The van der Waals surface area contributed by atoms with Crippen molar-refractivity contribution in [3.63, 3.8) is 0 Å². The SMILES string of the molecule is O=C(CN1CCc2ccccc2[C@@H]1C(=O)N1CCCCC1)NCc1ccc(Cl)cc1. The maximum Gasteiger partial charge on any atom is 0.244 e. The molecule has 2 aromatic rings. The number of nitrogens with one attached hydrogen (secondary N) is 1. The van der Waals surface area contributed by atoms with Crippen molar-refractivity contribution in [2.24, 2.45) is 0 Å². The minimum atomic E-state index is -0.380. The largest absolute Gasteiger partial charge is 0.351 e. The van der Waals surface area contributed by atoms with Gasteiger partial charge in [-0.05, 0) is 54.5 Å². The maximum absolute atomic E-state index is 13.5. The van der Waals surface area contributed by atoms with E-state index < -0.39 is 0 Å². The fourth-order valence-electron chi connectivity index (χ4n) is 4.41. The molecule has 0 aliphatic carbocycles. The summed E-state index contributed by atoms with van der Waals surface area (Å²) in [6.45, 7) is 3.00. The van der Waals surface area contributed by atoms with E-state index in [0.717, 1.165) is 43.5 Å². The van der Waals surface area contributed by atoms with Gasteiger partial charge in [0.05, 0.1) is 6.54 Å². The van der Waals surface area contributed by atoms with Gasteiger partial charge in [0.1, 0.15) is 6.04 Å². The average Bonchev–Trinajstić information content (AvgIpc) is 2.79. The van der Waals surface area contributed by atoms with Crippen LogP contribution >= 0.6 is 11.6 Å². The number of amides is 2. The molecule has 158 valence electrons. The molecule has 2 heterocycles. The number of hydrogen-bond donors (Lipinski definition) is 1. The lowest BCUT2D eigenvalue weighted by atomic mass is 9.91. The Morgan fingerprint density at radius 3 is 2.47 bits per heavy atom. The molecule has 2 aromatic carbocycles. The lowest BCUT2D eigenvalue weighted by molar-refractivity contribution is -0.139. The van der Waals surface area contributed by atoms with Crippen LogP contribution in [0.15, 0.2) is 48.5 Å². The first kappa shape index (κ1) is 20.9. The molecule has 1 atom stereocenters. The number of likely N-dealkylation sites (tertiary alicyclic amines) is 1. The summed E-state index contributed by atoms with van der Waals surface area (Å²) in [7, 11) is 0. The van der Waals surface area contributed by atoms with Crippen molar-refractivity contribution in [3.8, 4) is 0 Å². The second-order valence-electron chi connectivity index (χ2n) is 8.11. The van der Waals surface area contributed by atoms with E-state index in [1.807, 2.05) is 52.3 Å². The summed E-state index contributed by atoms with van der Waals surface area (Å²) >= 11 is 5.92. The lowest BCUT2D eigenvalue weighted by Crippen LogP contribution is -2.50. The second-order valence-corrected chi connectivity index (χ2v) is 8.55. The molecule has 1 saturated heterocycles. The third-order valence-corrected chi connectivity index (χ3v) is 6.29. The Morgan fingerprint density at radius 2 is 1.70 bits per heavy atom. The van der Waals surface area contributed by atoms with Gasteiger partial charge in [-0.15, -0.1) is 0 Å². The summed E-state index contributed by atoms with van der Waals surface area (Å²) in [5, 5.41) is 3.66. The second kappa shape index (κ2) is 9.63. The molecule has 5 nitrogen and oxygen atoms in total. The molecule has 0 saturated carbocycles. The molecule has 4 rings (SSSR count). The van der Waals surface area contributed by atoms with Crippen molar-refractivity contribution in [1.29, 1.82) is 0 Å². The third-order valence-electron chi connectivity index (χ3n) is 6.03. The van der Waals surface area contributed by atoms with E-state index in [1.54, 1.807) is 0 Å². The number of benzene rings is 2. The number of carbonyl (C=O) groups excluding carboxylic acids is 2. The molecule has 1 fully saturated rings. The van der Waals surface area contributed by atoms with Gasteiger partial charge in [0.15, 0.2) is 0 Å². The fraction of sp³-hybridized carbons (Fsp3) is 0.417. The Hall–Kier alpha value is -2.37. The molecule has 30 heavy (non-hydrogen) atoms. The van der Waals surface area contributed by atoms with Crippen molar-refractivity contribution in [1.82, 2.24) is 15.1 Å². The molecule has 0 aromatic heterocycles. The van der Waals surface area contributed by atoms with E-state index in [9.17, 15) is 9.59 Å². The molecule has 0 unspecified atom stereocenters. The Kier molecular flexibility index (Phi) is 6.70. The normalized spacial score (nSPS) is 19.2. The zero-order valence-corrected chi connectivity index (χ0v) is 17.9. The predicted octanol–water partition coefficient (Wildman–Crippen LogP) is 3.57. The zero-order chi connectivity index (χ0) is 20.9. The van der Waals surface area contributed by atoms with Gasteiger partial charge >= 0.3 is 0 Å². The lowest BCUT2D eigenvalue weighted by Gasteiger charge is -2.39. The van der Waals surface area contributed by atoms with E-state index in [1.165, 1.54) is 12.0 Å². The highest BCUT2D eigenvalue weighted by Gasteiger charge is 2.36. The highest BCUT2D eigenvalue weighted by atomic mass is 35.5. The molecule has 2 aliphatic rings. The predicted molar refractivity (Wildman–Crippen MR) is 118 cm³/mol. The zero-order valence-electron chi connectivity index (χ0n) is 17.1. The molecule has 0 spiro atoms. The third kappa shape index (κ3) is 4.85. The molecule has 1 N–H and O–H groups in total. The first-order chi connectivity index (χ1) is 14.6. The molecular weight excluding hydrogens is 398 g/mol. The van der Waals surface area contributed by atoms with Crippen LogP contribution in [0, 0.1) is 0 Å². The minimum absolute atomic E-state index is 0.0687. The van der Waals surface area contributed by atoms with Crippen molar-refractivity contribution in [2.75, 3.05) is 26.2 Å². The molecular formula is C24H28ClN3O2. The average molecular weight is 426 g/mol. The van der Waals surface area contributed by atoms with Gasteiger partial charge in [0.2, 0.25) is 11.8 Å². The number of fused-ring (bicyclic) bond motifs is 1. The van der Waals surface area contributed by atoms with Crippen molar-refractivity contribution < 1.29 is 9.59 Å². The van der Waals surface area contributed by atoms with Crippen LogP contribution in [0.2, 0.25) is 5.02 Å². The van der Waals surface area contributed by atoms with Crippen LogP contribution in [0.3, 0.4) is 0 Å². The Bertz CT molecular complexity index is 894. The standard InChI is InChI=1S/C24H28ClN3O2/c25-20-10-8-18(9-11-20)16-26-22(29)17-28-15-12-19-6-2-3-7-21(19)23(28)24(30)27-13-4-1-5-14-27/h2-3,6-11,23H,1,4-5,12-17H2,(H,26,29)/t23-/m1/s1. The first-order valence-corrected chi connectivity index (χ1v) is 11.1. The number of halogens is 1. The van der Waals surface area contributed by atoms with Gasteiger partial charge in [-0.1, -0.05) is 48.0 Å². The van der Waals surface area contributed by atoms with Gasteiger partial charge in [-0.2, -0.15) is 0 Å². The smallest absolute Gasteiger partial charge is 0.244 e. The molecule has 2 aliphatic heterocycles. The van der Waals surface area contributed by atoms with Crippen LogP contribution < -0.4 is 5.32 Å². The highest BCUT2D eigenvalue weighted by molar-refractivity contribution is 6.30. The molecule has 0 bridgehead atoms. The first-order valence-electron chi connectivity index (χ1n) is 10.7. The Labute approximate surface area is 183 Å². The Balaban J connectivity index is 1.46. The highest BCUT2D eigenvalue weighted by Crippen LogP contribution is 2.32. The minimum Gasteiger partial charge on any atom is -0.351 e. The van der Waals surface area contributed by atoms with Crippen LogP contribution in [0.25, 0.3) is 0 Å². The molecule has 2 amide bonds. The van der Waals surface area contributed by atoms with Crippen LogP contribution in [-0.2, 0) is 22.6 Å². The van der Waals surface area contributed by atoms with E-state index in [4.69, 9.17) is 11.6 Å². The van der Waals surface area contributed by atoms with Crippen molar-refractivity contribution in [2.45, 2.75) is 38.3 Å². The van der Waals surface area contributed by atoms with Crippen LogP contribution in [0.5, 0.6) is 0 Å². The number of piperidine rings is 1. The van der Waals surface area contributed by atoms with Gasteiger partial charge < -0.3 is 10.2 Å². The maximum atomic E-state index is 13.5. The topological polar surface area (TPSA) is 52.7 Å². The summed E-state index contributed by atoms with van der Waals surface area (Å²) in [6, 6.07) is 15.2. The molecule has 6 heteroatoms. The van der Waals surface area contributed by atoms with E-state index in [0.29, 0.717) is 18.1 Å². The van der Waals surface area contributed by atoms with Gasteiger partial charge in [-0.25, -0.2) is 0 Å². The molecule has 0 radical (unpaired) electrons. The van der Waals surface area contributed by atoms with Crippen LogP contribution in [0.1, 0.15) is 42.0 Å². The number of nitrogens with zero attached hydrogens (tertiary/aromatic N) is 2.